The average Bonchev–Trinajstić information content (AvgIpc) is 2.45. The Labute approximate surface area is 129 Å². The van der Waals surface area contributed by atoms with Crippen molar-refractivity contribution < 1.29 is 18.3 Å². The molecule has 2 rings (SSSR count). The van der Waals surface area contributed by atoms with Crippen molar-refractivity contribution in [3.05, 3.63) is 56.6 Å². The smallest absolute Gasteiger partial charge is 0.364 e. The second kappa shape index (κ2) is 5.53. The Morgan fingerprint density at radius 1 is 0.870 bits per heavy atom. The van der Waals surface area contributed by atoms with Crippen LogP contribution in [0, 0.1) is 20.2 Å². The molecule has 0 aliphatic rings. The van der Waals surface area contributed by atoms with Gasteiger partial charge in [0.1, 0.15) is 4.90 Å². The molecule has 0 aliphatic carbocycles. The van der Waals surface area contributed by atoms with Crippen LogP contribution in [0.4, 0.5) is 22.7 Å². The van der Waals surface area contributed by atoms with E-state index in [1.165, 1.54) is 18.2 Å². The molecule has 2 aromatic carbocycles. The summed E-state index contributed by atoms with van der Waals surface area (Å²) in [5.74, 6) is 0. The molecule has 0 radical (unpaired) electrons. The predicted octanol–water partition coefficient (Wildman–Crippen LogP) is 1.50. The number of hydrogen-bond donors (Lipinski definition) is 2. The van der Waals surface area contributed by atoms with Gasteiger partial charge in [0.25, 0.3) is 0 Å². The van der Waals surface area contributed by atoms with Gasteiger partial charge < -0.3 is 11.5 Å². The summed E-state index contributed by atoms with van der Waals surface area (Å²) in [6.45, 7) is 0. The first-order valence-corrected chi connectivity index (χ1v) is 7.47. The molecule has 0 heterocycles. The van der Waals surface area contributed by atoms with Gasteiger partial charge >= 0.3 is 11.4 Å². The summed E-state index contributed by atoms with van der Waals surface area (Å²) in [5, 5.41) is 22.1. The highest BCUT2D eigenvalue weighted by Gasteiger charge is 2.37. The number of nitro benzene ring substituents is 2. The quantitative estimate of drug-likeness (QED) is 0.479. The lowest BCUT2D eigenvalue weighted by Crippen LogP contribution is -2.11. The Kier molecular flexibility index (Phi) is 3.89. The summed E-state index contributed by atoms with van der Waals surface area (Å²) in [7, 11) is -4.53. The number of nitrogens with two attached hydrogens (primary N) is 2. The van der Waals surface area contributed by atoms with E-state index in [9.17, 15) is 28.6 Å². The first-order chi connectivity index (χ1) is 10.7. The number of nitrogen functional groups attached to an aromatic ring is 2. The minimum absolute atomic E-state index is 0.217. The lowest BCUT2D eigenvalue weighted by atomic mass is 10.3. The Bertz CT molecular complexity index is 905. The SMILES string of the molecule is Nc1cccc(N)c1S(=O)(=O)c1cccc([N+](=O)[O-])c1[N+](=O)[O-]. The normalized spacial score (nSPS) is 11.1. The van der Waals surface area contributed by atoms with Crippen molar-refractivity contribution in [2.45, 2.75) is 9.79 Å². The molecule has 120 valence electrons. The number of rotatable bonds is 4. The van der Waals surface area contributed by atoms with Crippen LogP contribution in [0.1, 0.15) is 0 Å². The number of benzene rings is 2. The van der Waals surface area contributed by atoms with E-state index in [1.54, 1.807) is 0 Å². The van der Waals surface area contributed by atoms with Gasteiger partial charge in [-0.05, 0) is 18.2 Å². The van der Waals surface area contributed by atoms with Crippen LogP contribution in [-0.2, 0) is 9.84 Å². The summed E-state index contributed by atoms with van der Waals surface area (Å²) in [4.78, 5) is 18.6. The van der Waals surface area contributed by atoms with Crippen molar-refractivity contribution in [3.63, 3.8) is 0 Å². The van der Waals surface area contributed by atoms with Crippen LogP contribution < -0.4 is 11.5 Å². The van der Waals surface area contributed by atoms with Crippen LogP contribution in [0.15, 0.2) is 46.2 Å². The van der Waals surface area contributed by atoms with Crippen molar-refractivity contribution in [1.29, 1.82) is 0 Å². The molecule has 0 aromatic heterocycles. The molecule has 0 bridgehead atoms. The van der Waals surface area contributed by atoms with Crippen LogP contribution in [0.25, 0.3) is 0 Å². The molecule has 0 fully saturated rings. The number of para-hydroxylation sites is 1. The molecule has 0 saturated carbocycles. The first-order valence-electron chi connectivity index (χ1n) is 5.98. The van der Waals surface area contributed by atoms with Gasteiger partial charge in [0.15, 0.2) is 4.90 Å². The second-order valence-corrected chi connectivity index (χ2v) is 6.26. The Hall–Kier alpha value is -3.21. The molecular formula is C12H10N4O6S. The maximum absolute atomic E-state index is 12.7. The van der Waals surface area contributed by atoms with E-state index in [4.69, 9.17) is 11.5 Å². The van der Waals surface area contributed by atoms with E-state index in [2.05, 4.69) is 0 Å². The van der Waals surface area contributed by atoms with Crippen molar-refractivity contribution >= 4 is 32.6 Å². The average molecular weight is 338 g/mol. The topological polar surface area (TPSA) is 172 Å². The molecule has 0 amide bonds. The lowest BCUT2D eigenvalue weighted by molar-refractivity contribution is -0.424. The highest BCUT2D eigenvalue weighted by molar-refractivity contribution is 7.92. The number of sulfone groups is 1. The standard InChI is InChI=1S/C12H10N4O6S/c13-7-3-1-4-8(14)12(7)23(21,22)10-6-2-5-9(15(17)18)11(10)16(19)20/h1-6H,13-14H2. The Balaban J connectivity index is 2.88. The fourth-order valence-corrected chi connectivity index (χ4v) is 3.72. The maximum Gasteiger partial charge on any atom is 0.364 e. The maximum atomic E-state index is 12.7. The zero-order valence-corrected chi connectivity index (χ0v) is 12.2. The minimum atomic E-state index is -4.53. The highest BCUT2D eigenvalue weighted by Crippen LogP contribution is 2.39. The molecule has 23 heavy (non-hydrogen) atoms. The molecule has 0 atom stereocenters. The number of anilines is 2. The van der Waals surface area contributed by atoms with E-state index in [-0.39, 0.29) is 11.4 Å². The summed E-state index contributed by atoms with van der Waals surface area (Å²) < 4.78 is 25.4. The van der Waals surface area contributed by atoms with Crippen LogP contribution >= 0.6 is 0 Å². The van der Waals surface area contributed by atoms with Gasteiger partial charge in [-0.2, -0.15) is 0 Å². The first kappa shape index (κ1) is 16.2. The summed E-state index contributed by atoms with van der Waals surface area (Å²) >= 11 is 0. The Morgan fingerprint density at radius 3 is 1.87 bits per heavy atom. The van der Waals surface area contributed by atoms with E-state index < -0.39 is 40.8 Å². The third-order valence-electron chi connectivity index (χ3n) is 2.99. The summed E-state index contributed by atoms with van der Waals surface area (Å²) in [5.41, 5.74) is 8.70. The van der Waals surface area contributed by atoms with Crippen molar-refractivity contribution in [1.82, 2.24) is 0 Å². The third-order valence-corrected chi connectivity index (χ3v) is 4.91. The van der Waals surface area contributed by atoms with Gasteiger partial charge in [-0.3, -0.25) is 20.2 Å². The monoisotopic (exact) mass is 338 g/mol. The largest absolute Gasteiger partial charge is 0.398 e. The minimum Gasteiger partial charge on any atom is -0.398 e. The van der Waals surface area contributed by atoms with Crippen LogP contribution in [0.5, 0.6) is 0 Å². The fourth-order valence-electron chi connectivity index (χ4n) is 2.05. The van der Waals surface area contributed by atoms with Crippen LogP contribution in [-0.4, -0.2) is 18.3 Å². The molecule has 0 saturated heterocycles. The van der Waals surface area contributed by atoms with Crippen molar-refractivity contribution in [3.8, 4) is 0 Å². The number of hydrogen-bond acceptors (Lipinski definition) is 8. The zero-order chi connectivity index (χ0) is 17.4. The second-order valence-electron chi connectivity index (χ2n) is 4.41. The number of nitrogens with zero attached hydrogens (tertiary/aromatic N) is 2. The van der Waals surface area contributed by atoms with Gasteiger partial charge in [-0.25, -0.2) is 8.42 Å². The molecule has 11 heteroatoms. The van der Waals surface area contributed by atoms with Gasteiger partial charge in [-0.15, -0.1) is 0 Å². The van der Waals surface area contributed by atoms with Crippen molar-refractivity contribution in [2.24, 2.45) is 0 Å². The van der Waals surface area contributed by atoms with E-state index in [0.717, 1.165) is 18.2 Å². The van der Waals surface area contributed by atoms with E-state index in [0.29, 0.717) is 0 Å². The third kappa shape index (κ3) is 2.64. The van der Waals surface area contributed by atoms with Gasteiger partial charge in [0.05, 0.1) is 21.2 Å². The molecule has 10 nitrogen and oxygen atoms in total. The van der Waals surface area contributed by atoms with Crippen LogP contribution in [0.2, 0.25) is 0 Å². The molecular weight excluding hydrogens is 328 g/mol. The van der Waals surface area contributed by atoms with Gasteiger partial charge in [0, 0.05) is 6.07 Å². The highest BCUT2D eigenvalue weighted by atomic mass is 32.2. The zero-order valence-electron chi connectivity index (χ0n) is 11.4. The number of nitro groups is 2. The van der Waals surface area contributed by atoms with E-state index in [1.807, 2.05) is 0 Å². The molecule has 0 unspecified atom stereocenters. The fraction of sp³-hybridized carbons (Fsp3) is 0. The summed E-state index contributed by atoms with van der Waals surface area (Å²) in [6.07, 6.45) is 0. The van der Waals surface area contributed by atoms with Gasteiger partial charge in [0.2, 0.25) is 9.84 Å². The summed E-state index contributed by atoms with van der Waals surface area (Å²) in [6, 6.07) is 6.69. The van der Waals surface area contributed by atoms with Crippen LogP contribution in [0.3, 0.4) is 0 Å². The van der Waals surface area contributed by atoms with Crippen molar-refractivity contribution in [2.75, 3.05) is 11.5 Å². The Morgan fingerprint density at radius 2 is 1.39 bits per heavy atom. The van der Waals surface area contributed by atoms with Gasteiger partial charge in [-0.1, -0.05) is 12.1 Å². The van der Waals surface area contributed by atoms with E-state index >= 15 is 0 Å². The molecule has 2 aromatic rings. The molecule has 0 aliphatic heterocycles. The molecule has 4 N–H and O–H groups in total. The predicted molar refractivity (Wildman–Crippen MR) is 80.5 cm³/mol. The molecule has 0 spiro atoms. The lowest BCUT2D eigenvalue weighted by Gasteiger charge is -2.10.